The van der Waals surface area contributed by atoms with Gasteiger partial charge in [0.25, 0.3) is 0 Å². The van der Waals surface area contributed by atoms with Crippen LogP contribution in [0.1, 0.15) is 0 Å². The summed E-state index contributed by atoms with van der Waals surface area (Å²) in [5.41, 5.74) is 0. The summed E-state index contributed by atoms with van der Waals surface area (Å²) in [6.45, 7) is -1.08. The van der Waals surface area contributed by atoms with Crippen molar-refractivity contribution in [1.82, 2.24) is 10.3 Å². The lowest BCUT2D eigenvalue weighted by Crippen LogP contribution is -2.35. The standard InChI is InChI=1S/C4H8FN3O2/c1-6-4(9)8(7-10)3-2-5/h2-3H2,1H3,(H,6,9). The molecule has 2 amide bonds. The van der Waals surface area contributed by atoms with Crippen molar-refractivity contribution in [2.45, 2.75) is 0 Å². The van der Waals surface area contributed by atoms with Gasteiger partial charge in [0.2, 0.25) is 0 Å². The predicted octanol–water partition coefficient (Wildman–Crippen LogP) is 0.279. The number of nitrogens with zero attached hydrogens (tertiary/aromatic N) is 2. The highest BCUT2D eigenvalue weighted by molar-refractivity contribution is 5.73. The summed E-state index contributed by atoms with van der Waals surface area (Å²) >= 11 is 0. The van der Waals surface area contributed by atoms with E-state index in [1.165, 1.54) is 7.05 Å². The molecule has 0 saturated carbocycles. The van der Waals surface area contributed by atoms with Gasteiger partial charge in [0.05, 0.1) is 11.8 Å². The molecule has 1 N–H and O–H groups in total. The molecule has 0 atom stereocenters. The Kier molecular flexibility index (Phi) is 4.10. The Labute approximate surface area is 57.1 Å². The molecule has 0 aliphatic rings. The fourth-order valence-corrected chi connectivity index (χ4v) is 0.389. The van der Waals surface area contributed by atoms with Gasteiger partial charge in [-0.15, -0.1) is 4.91 Å². The van der Waals surface area contributed by atoms with Crippen molar-refractivity contribution in [2.75, 3.05) is 20.3 Å². The normalized spacial score (nSPS) is 8.60. The monoisotopic (exact) mass is 149 g/mol. The summed E-state index contributed by atoms with van der Waals surface area (Å²) in [5, 5.41) is 4.88. The molecule has 0 aromatic heterocycles. The van der Waals surface area contributed by atoms with Crippen molar-refractivity contribution in [3.8, 4) is 0 Å². The summed E-state index contributed by atoms with van der Waals surface area (Å²) < 4.78 is 11.5. The lowest BCUT2D eigenvalue weighted by atomic mass is 10.7. The first-order valence-corrected chi connectivity index (χ1v) is 2.64. The number of nitrogens with one attached hydrogen (secondary N) is 1. The van der Waals surface area contributed by atoms with Gasteiger partial charge in [-0.2, -0.15) is 5.01 Å². The van der Waals surface area contributed by atoms with Gasteiger partial charge in [0, 0.05) is 7.05 Å². The number of alkyl halides is 1. The molecule has 0 unspecified atom stereocenters. The molecule has 0 aliphatic carbocycles. The minimum atomic E-state index is -0.779. The maximum atomic E-state index is 11.5. The molecule has 5 nitrogen and oxygen atoms in total. The average Bonchev–Trinajstić information content (AvgIpc) is 1.99. The molecule has 0 heterocycles. The number of nitroso groups, excluding NO2 is 1. The highest BCUT2D eigenvalue weighted by Crippen LogP contribution is 1.88. The maximum absolute atomic E-state index is 11.5. The quantitative estimate of drug-likeness (QED) is 0.462. The first kappa shape index (κ1) is 8.80. The van der Waals surface area contributed by atoms with Crippen molar-refractivity contribution in [3.05, 3.63) is 4.91 Å². The molecule has 10 heavy (non-hydrogen) atoms. The van der Waals surface area contributed by atoms with E-state index in [9.17, 15) is 14.1 Å². The summed E-state index contributed by atoms with van der Waals surface area (Å²) in [6, 6.07) is -0.701. The molecule has 6 heteroatoms. The number of hydrogen-bond donors (Lipinski definition) is 1. The van der Waals surface area contributed by atoms with Crippen LogP contribution in [0.2, 0.25) is 0 Å². The second-order valence-electron chi connectivity index (χ2n) is 1.45. The lowest BCUT2D eigenvalue weighted by molar-refractivity contribution is 0.196. The molecule has 0 bridgehead atoms. The maximum Gasteiger partial charge on any atom is 0.340 e. The Morgan fingerprint density at radius 1 is 1.80 bits per heavy atom. The number of carbonyl (C=O) groups is 1. The van der Waals surface area contributed by atoms with E-state index in [2.05, 4.69) is 10.6 Å². The van der Waals surface area contributed by atoms with E-state index in [1.54, 1.807) is 0 Å². The third-order valence-electron chi connectivity index (χ3n) is 0.843. The molecule has 0 rings (SSSR count). The molecule has 0 aromatic rings. The zero-order valence-corrected chi connectivity index (χ0v) is 5.50. The summed E-state index contributed by atoms with van der Waals surface area (Å²) in [7, 11) is 1.33. The van der Waals surface area contributed by atoms with E-state index < -0.39 is 12.7 Å². The van der Waals surface area contributed by atoms with Crippen molar-refractivity contribution in [1.29, 1.82) is 0 Å². The Morgan fingerprint density at radius 2 is 2.40 bits per heavy atom. The van der Waals surface area contributed by atoms with Gasteiger partial charge in [-0.05, 0) is 0 Å². The molecule has 0 spiro atoms. The third kappa shape index (κ3) is 2.38. The van der Waals surface area contributed by atoms with E-state index in [0.717, 1.165) is 0 Å². The Hall–Kier alpha value is -1.20. The number of amides is 2. The second kappa shape index (κ2) is 4.66. The van der Waals surface area contributed by atoms with E-state index in [1.807, 2.05) is 0 Å². The van der Waals surface area contributed by atoms with Crippen LogP contribution in [0.25, 0.3) is 0 Å². The average molecular weight is 149 g/mol. The SMILES string of the molecule is CNC(=O)N(CCF)N=O. The van der Waals surface area contributed by atoms with Gasteiger partial charge in [-0.3, -0.25) is 0 Å². The van der Waals surface area contributed by atoms with Crippen LogP contribution in [-0.4, -0.2) is 31.3 Å². The Morgan fingerprint density at radius 3 is 2.70 bits per heavy atom. The van der Waals surface area contributed by atoms with E-state index in [4.69, 9.17) is 0 Å². The van der Waals surface area contributed by atoms with Crippen molar-refractivity contribution < 1.29 is 9.18 Å². The van der Waals surface area contributed by atoms with Crippen LogP contribution in [0.15, 0.2) is 5.29 Å². The highest BCUT2D eigenvalue weighted by atomic mass is 19.1. The number of halogens is 1. The minimum Gasteiger partial charge on any atom is -0.339 e. The molecule has 0 radical (unpaired) electrons. The Balaban J connectivity index is 3.80. The van der Waals surface area contributed by atoms with Crippen LogP contribution >= 0.6 is 0 Å². The van der Waals surface area contributed by atoms with Crippen LogP contribution < -0.4 is 5.32 Å². The fourth-order valence-electron chi connectivity index (χ4n) is 0.389. The molecule has 58 valence electrons. The van der Waals surface area contributed by atoms with Gasteiger partial charge >= 0.3 is 6.03 Å². The van der Waals surface area contributed by atoms with Crippen LogP contribution in [0.5, 0.6) is 0 Å². The highest BCUT2D eigenvalue weighted by Gasteiger charge is 2.09. The predicted molar refractivity (Wildman–Crippen MR) is 32.9 cm³/mol. The van der Waals surface area contributed by atoms with Gasteiger partial charge in [-0.1, -0.05) is 0 Å². The number of carbonyl (C=O) groups excluding carboxylic acids is 1. The van der Waals surface area contributed by atoms with Crippen molar-refractivity contribution in [3.63, 3.8) is 0 Å². The zero-order chi connectivity index (χ0) is 7.98. The fraction of sp³-hybridized carbons (Fsp3) is 0.750. The first-order valence-electron chi connectivity index (χ1n) is 2.64. The van der Waals surface area contributed by atoms with Crippen LogP contribution in [0.4, 0.5) is 9.18 Å². The number of rotatable bonds is 3. The zero-order valence-electron chi connectivity index (χ0n) is 5.50. The van der Waals surface area contributed by atoms with Gasteiger partial charge < -0.3 is 5.32 Å². The molecule has 0 saturated heterocycles. The smallest absolute Gasteiger partial charge is 0.339 e. The summed E-state index contributed by atoms with van der Waals surface area (Å²) in [4.78, 5) is 20.2. The number of hydrogen-bond acceptors (Lipinski definition) is 3. The largest absolute Gasteiger partial charge is 0.340 e. The summed E-state index contributed by atoms with van der Waals surface area (Å²) in [5.74, 6) is 0. The minimum absolute atomic E-state index is 0.302. The second-order valence-corrected chi connectivity index (χ2v) is 1.45. The third-order valence-corrected chi connectivity index (χ3v) is 0.843. The van der Waals surface area contributed by atoms with Gasteiger partial charge in [0.15, 0.2) is 0 Å². The molecular formula is C4H8FN3O2. The molecule has 0 fully saturated rings. The van der Waals surface area contributed by atoms with E-state index in [0.29, 0.717) is 5.01 Å². The number of urea groups is 1. The molecular weight excluding hydrogens is 141 g/mol. The van der Waals surface area contributed by atoms with E-state index >= 15 is 0 Å². The topological polar surface area (TPSA) is 61.8 Å². The van der Waals surface area contributed by atoms with Gasteiger partial charge in [0.1, 0.15) is 6.67 Å². The van der Waals surface area contributed by atoms with Crippen LogP contribution in [0.3, 0.4) is 0 Å². The summed E-state index contributed by atoms with van der Waals surface area (Å²) in [6.07, 6.45) is 0. The van der Waals surface area contributed by atoms with Crippen molar-refractivity contribution >= 4 is 6.03 Å². The first-order chi connectivity index (χ1) is 4.76. The molecule has 0 aromatic carbocycles. The lowest BCUT2D eigenvalue weighted by Gasteiger charge is -2.08. The van der Waals surface area contributed by atoms with Crippen LogP contribution in [0, 0.1) is 4.91 Å². The van der Waals surface area contributed by atoms with Crippen LogP contribution in [-0.2, 0) is 0 Å². The van der Waals surface area contributed by atoms with E-state index in [-0.39, 0.29) is 6.54 Å². The Bertz CT molecular complexity index is 130. The van der Waals surface area contributed by atoms with Crippen molar-refractivity contribution in [2.24, 2.45) is 5.29 Å². The van der Waals surface area contributed by atoms with Gasteiger partial charge in [-0.25, -0.2) is 9.18 Å². The molecule has 0 aliphatic heterocycles.